The molecule has 18 heavy (non-hydrogen) atoms. The van der Waals surface area contributed by atoms with Crippen LogP contribution >= 0.6 is 0 Å². The van der Waals surface area contributed by atoms with Crippen molar-refractivity contribution in [3.63, 3.8) is 0 Å². The van der Waals surface area contributed by atoms with E-state index < -0.39 is 0 Å². The lowest BCUT2D eigenvalue weighted by atomic mass is 9.68. The molecule has 0 amide bonds. The third-order valence-electron chi connectivity index (χ3n) is 5.40. The molecular weight excluding hydrogens is 224 g/mol. The second-order valence-corrected chi connectivity index (χ2v) is 7.67. The molecule has 4 atom stereocenters. The van der Waals surface area contributed by atoms with Gasteiger partial charge in [0.15, 0.2) is 0 Å². The van der Waals surface area contributed by atoms with Crippen molar-refractivity contribution in [3.8, 4) is 0 Å². The molecule has 2 bridgehead atoms. The summed E-state index contributed by atoms with van der Waals surface area (Å²) in [4.78, 5) is 2.04. The third kappa shape index (κ3) is 2.45. The highest BCUT2D eigenvalue weighted by atomic mass is 16.3. The van der Waals surface area contributed by atoms with Crippen LogP contribution in [0.1, 0.15) is 40.0 Å². The van der Waals surface area contributed by atoms with Crippen LogP contribution in [0.2, 0.25) is 0 Å². The van der Waals surface area contributed by atoms with Crippen LogP contribution in [0.25, 0.3) is 0 Å². The van der Waals surface area contributed by atoms with Gasteiger partial charge < -0.3 is 15.3 Å². The van der Waals surface area contributed by atoms with Crippen molar-refractivity contribution in [1.82, 2.24) is 10.2 Å². The maximum absolute atomic E-state index is 10.0. The summed E-state index contributed by atoms with van der Waals surface area (Å²) in [6.45, 7) is 8.68. The highest BCUT2D eigenvalue weighted by molar-refractivity contribution is 5.12. The molecule has 2 saturated carbocycles. The average Bonchev–Trinajstić information content (AvgIpc) is 2.67. The Labute approximate surface area is 112 Å². The molecular formula is C15H30N2O. The first kappa shape index (κ1) is 14.3. The van der Waals surface area contributed by atoms with Gasteiger partial charge in [-0.1, -0.05) is 20.8 Å². The Kier molecular flexibility index (Phi) is 3.79. The summed E-state index contributed by atoms with van der Waals surface area (Å²) in [5.74, 6) is 0.867. The van der Waals surface area contributed by atoms with Gasteiger partial charge in [-0.25, -0.2) is 0 Å². The Morgan fingerprint density at radius 1 is 1.33 bits per heavy atom. The Morgan fingerprint density at radius 2 is 2.00 bits per heavy atom. The molecule has 2 aliphatic rings. The van der Waals surface area contributed by atoms with E-state index in [9.17, 15) is 5.11 Å². The highest BCUT2D eigenvalue weighted by Gasteiger charge is 2.58. The molecule has 0 heterocycles. The van der Waals surface area contributed by atoms with Crippen LogP contribution in [0, 0.1) is 16.7 Å². The molecule has 0 aliphatic heterocycles. The fourth-order valence-corrected chi connectivity index (χ4v) is 4.55. The van der Waals surface area contributed by atoms with Crippen LogP contribution in [0.4, 0.5) is 0 Å². The normalized spacial score (nSPS) is 39.5. The maximum Gasteiger partial charge on any atom is 0.0791 e. The summed E-state index contributed by atoms with van der Waals surface area (Å²) >= 11 is 0. The van der Waals surface area contributed by atoms with Crippen LogP contribution in [0.15, 0.2) is 0 Å². The summed E-state index contributed by atoms with van der Waals surface area (Å²) in [5.41, 5.74) is 0.830. The Morgan fingerprint density at radius 3 is 2.50 bits per heavy atom. The van der Waals surface area contributed by atoms with Gasteiger partial charge in [0.05, 0.1) is 6.10 Å². The smallest absolute Gasteiger partial charge is 0.0791 e. The first-order valence-corrected chi connectivity index (χ1v) is 7.32. The number of nitrogens with zero attached hydrogens (tertiary/aromatic N) is 1. The fourth-order valence-electron chi connectivity index (χ4n) is 4.55. The van der Waals surface area contributed by atoms with Crippen molar-refractivity contribution >= 4 is 0 Å². The number of nitrogens with one attached hydrogen (secondary N) is 1. The molecule has 0 saturated heterocycles. The van der Waals surface area contributed by atoms with Gasteiger partial charge in [0.25, 0.3) is 0 Å². The minimum Gasteiger partial charge on any atom is -0.390 e. The molecule has 2 fully saturated rings. The molecule has 106 valence electrons. The highest BCUT2D eigenvalue weighted by Crippen LogP contribution is 2.62. The predicted molar refractivity (Wildman–Crippen MR) is 75.6 cm³/mol. The molecule has 4 unspecified atom stereocenters. The largest absolute Gasteiger partial charge is 0.390 e. The molecule has 0 spiro atoms. The quantitative estimate of drug-likeness (QED) is 0.784. The van der Waals surface area contributed by atoms with Gasteiger partial charge in [-0.15, -0.1) is 0 Å². The first-order chi connectivity index (χ1) is 8.25. The third-order valence-corrected chi connectivity index (χ3v) is 5.40. The van der Waals surface area contributed by atoms with Gasteiger partial charge in [-0.3, -0.25) is 0 Å². The van der Waals surface area contributed by atoms with Crippen molar-refractivity contribution in [2.24, 2.45) is 16.7 Å². The van der Waals surface area contributed by atoms with E-state index in [-0.39, 0.29) is 6.10 Å². The second-order valence-electron chi connectivity index (χ2n) is 7.67. The Hall–Kier alpha value is -0.120. The number of rotatable bonds is 5. The average molecular weight is 254 g/mol. The Bertz CT molecular complexity index is 298. The number of hydrogen-bond donors (Lipinski definition) is 2. The standard InChI is InChI=1S/C15H30N2O/c1-14(2)11-6-7-15(3,8-11)13(14)16-9-12(18)10-17(4)5/h11-13,16,18H,6-10H2,1-5H3. The van der Waals surface area contributed by atoms with Crippen LogP contribution in [-0.2, 0) is 0 Å². The van der Waals surface area contributed by atoms with Crippen LogP contribution < -0.4 is 5.32 Å². The molecule has 2 aliphatic carbocycles. The number of likely N-dealkylation sites (N-methyl/N-ethyl adjacent to an activating group) is 1. The lowest BCUT2D eigenvalue weighted by Crippen LogP contribution is -2.52. The van der Waals surface area contributed by atoms with Crippen LogP contribution in [-0.4, -0.2) is 49.3 Å². The first-order valence-electron chi connectivity index (χ1n) is 7.32. The number of fused-ring (bicyclic) bond motifs is 2. The zero-order valence-electron chi connectivity index (χ0n) is 12.7. The van der Waals surface area contributed by atoms with E-state index in [0.717, 1.165) is 12.5 Å². The van der Waals surface area contributed by atoms with E-state index >= 15 is 0 Å². The van der Waals surface area contributed by atoms with Gasteiger partial charge >= 0.3 is 0 Å². The van der Waals surface area contributed by atoms with E-state index in [1.807, 2.05) is 19.0 Å². The molecule has 2 rings (SSSR count). The molecule has 0 radical (unpaired) electrons. The van der Waals surface area contributed by atoms with E-state index in [1.165, 1.54) is 19.3 Å². The summed E-state index contributed by atoms with van der Waals surface area (Å²) in [6.07, 6.45) is 3.84. The number of aliphatic hydroxyl groups is 1. The van der Waals surface area contributed by atoms with E-state index in [4.69, 9.17) is 0 Å². The van der Waals surface area contributed by atoms with Gasteiger partial charge in [-0.2, -0.15) is 0 Å². The molecule has 0 aromatic rings. The summed E-state index contributed by atoms with van der Waals surface area (Å²) in [5, 5.41) is 13.7. The minimum absolute atomic E-state index is 0.265. The van der Waals surface area contributed by atoms with Gasteiger partial charge in [0, 0.05) is 19.1 Å². The predicted octanol–water partition coefficient (Wildman–Crippen LogP) is 1.71. The monoisotopic (exact) mass is 254 g/mol. The fraction of sp³-hybridized carbons (Fsp3) is 1.00. The van der Waals surface area contributed by atoms with E-state index in [0.29, 0.717) is 23.4 Å². The zero-order valence-corrected chi connectivity index (χ0v) is 12.7. The summed E-state index contributed by atoms with van der Waals surface area (Å²) < 4.78 is 0. The van der Waals surface area contributed by atoms with Gasteiger partial charge in [0.2, 0.25) is 0 Å². The Balaban J connectivity index is 1.93. The van der Waals surface area contributed by atoms with Gasteiger partial charge in [-0.05, 0) is 50.1 Å². The van der Waals surface area contributed by atoms with E-state index in [2.05, 4.69) is 26.1 Å². The SMILES string of the molecule is CN(C)CC(O)CNC1C2(C)CCC(C2)C1(C)C. The van der Waals surface area contributed by atoms with Crippen molar-refractivity contribution in [3.05, 3.63) is 0 Å². The zero-order chi connectivity index (χ0) is 13.6. The second kappa shape index (κ2) is 4.77. The lowest BCUT2D eigenvalue weighted by Gasteiger charge is -2.43. The van der Waals surface area contributed by atoms with Crippen molar-refractivity contribution in [2.45, 2.75) is 52.2 Å². The van der Waals surface area contributed by atoms with Gasteiger partial charge in [0.1, 0.15) is 0 Å². The maximum atomic E-state index is 10.0. The van der Waals surface area contributed by atoms with Crippen LogP contribution in [0.5, 0.6) is 0 Å². The van der Waals surface area contributed by atoms with Crippen LogP contribution in [0.3, 0.4) is 0 Å². The molecule has 0 aromatic carbocycles. The minimum atomic E-state index is -0.265. The molecule has 2 N–H and O–H groups in total. The lowest BCUT2D eigenvalue weighted by molar-refractivity contribution is 0.0794. The topological polar surface area (TPSA) is 35.5 Å². The van der Waals surface area contributed by atoms with Crippen molar-refractivity contribution < 1.29 is 5.11 Å². The van der Waals surface area contributed by atoms with Crippen molar-refractivity contribution in [2.75, 3.05) is 27.2 Å². The molecule has 0 aromatic heterocycles. The van der Waals surface area contributed by atoms with Crippen molar-refractivity contribution in [1.29, 1.82) is 0 Å². The number of hydrogen-bond acceptors (Lipinski definition) is 3. The van der Waals surface area contributed by atoms with E-state index in [1.54, 1.807) is 0 Å². The summed E-state index contributed by atoms with van der Waals surface area (Å²) in [7, 11) is 4.01. The summed E-state index contributed by atoms with van der Waals surface area (Å²) in [6, 6.07) is 0.556. The molecule has 3 heteroatoms. The molecule has 3 nitrogen and oxygen atoms in total. The number of aliphatic hydroxyl groups excluding tert-OH is 1.